The molecule has 1 aromatic carbocycles. The smallest absolute Gasteiger partial charge is 0.335 e. The molecular weight excluding hydrogens is 368 g/mol. The van der Waals surface area contributed by atoms with Gasteiger partial charge in [-0.05, 0) is 43.2 Å². The zero-order valence-electron chi connectivity index (χ0n) is 15.3. The maximum Gasteiger partial charge on any atom is 0.335 e. The molecule has 2 amide bonds. The van der Waals surface area contributed by atoms with Crippen LogP contribution < -0.4 is 5.32 Å². The lowest BCUT2D eigenvalue weighted by atomic mass is 9.86. The minimum absolute atomic E-state index is 0.111. The van der Waals surface area contributed by atoms with Crippen LogP contribution in [-0.2, 0) is 9.84 Å². The number of hydrogen-bond acceptors (Lipinski definition) is 4. The lowest BCUT2D eigenvalue weighted by Crippen LogP contribution is -2.47. The van der Waals surface area contributed by atoms with Crippen molar-refractivity contribution < 1.29 is 23.1 Å². The van der Waals surface area contributed by atoms with Crippen molar-refractivity contribution in [1.82, 2.24) is 10.2 Å². The van der Waals surface area contributed by atoms with Crippen molar-refractivity contribution in [2.45, 2.75) is 43.3 Å². The number of likely N-dealkylation sites (tertiary alicyclic amines) is 1. The van der Waals surface area contributed by atoms with Gasteiger partial charge < -0.3 is 15.3 Å². The summed E-state index contributed by atoms with van der Waals surface area (Å²) < 4.78 is 24.1. The predicted molar refractivity (Wildman–Crippen MR) is 102 cm³/mol. The van der Waals surface area contributed by atoms with Crippen LogP contribution in [0.2, 0.25) is 0 Å². The van der Waals surface area contributed by atoms with Gasteiger partial charge in [-0.2, -0.15) is 0 Å². The van der Waals surface area contributed by atoms with E-state index in [2.05, 4.69) is 5.32 Å². The maximum atomic E-state index is 12.4. The first-order valence-electron chi connectivity index (χ1n) is 9.45. The quantitative estimate of drug-likeness (QED) is 0.815. The number of carbonyl (C=O) groups is 2. The Labute approximate surface area is 159 Å². The fourth-order valence-corrected chi connectivity index (χ4v) is 5.81. The van der Waals surface area contributed by atoms with Crippen LogP contribution in [0.25, 0.3) is 0 Å². The third kappa shape index (κ3) is 4.61. The normalized spacial score (nSPS) is 23.0. The Morgan fingerprint density at radius 1 is 1.11 bits per heavy atom. The molecule has 2 N–H and O–H groups in total. The molecule has 0 aliphatic carbocycles. The van der Waals surface area contributed by atoms with Crippen LogP contribution in [0.4, 0.5) is 4.79 Å². The van der Waals surface area contributed by atoms with E-state index < -0.39 is 21.1 Å². The summed E-state index contributed by atoms with van der Waals surface area (Å²) >= 11 is 0. The van der Waals surface area contributed by atoms with Crippen LogP contribution in [0, 0.1) is 0 Å². The van der Waals surface area contributed by atoms with E-state index in [-0.39, 0.29) is 24.2 Å². The van der Waals surface area contributed by atoms with Gasteiger partial charge in [0, 0.05) is 19.6 Å². The van der Waals surface area contributed by atoms with Gasteiger partial charge >= 0.3 is 12.0 Å². The average molecular weight is 394 g/mol. The van der Waals surface area contributed by atoms with Crippen LogP contribution in [-0.4, -0.2) is 61.1 Å². The van der Waals surface area contributed by atoms with Gasteiger partial charge in [-0.15, -0.1) is 0 Å². The molecule has 1 atom stereocenters. The highest BCUT2D eigenvalue weighted by Crippen LogP contribution is 2.30. The Morgan fingerprint density at radius 3 is 2.48 bits per heavy atom. The topological polar surface area (TPSA) is 104 Å². The largest absolute Gasteiger partial charge is 0.478 e. The number of amides is 2. The lowest BCUT2D eigenvalue weighted by Gasteiger charge is -2.33. The van der Waals surface area contributed by atoms with E-state index in [0.29, 0.717) is 44.3 Å². The summed E-state index contributed by atoms with van der Waals surface area (Å²) in [5.41, 5.74) is 1.14. The van der Waals surface area contributed by atoms with Gasteiger partial charge in [-0.25, -0.2) is 18.0 Å². The summed E-state index contributed by atoms with van der Waals surface area (Å²) in [4.78, 5) is 25.5. The number of nitrogens with one attached hydrogen (secondary N) is 1. The van der Waals surface area contributed by atoms with Crippen molar-refractivity contribution in [1.29, 1.82) is 0 Å². The molecule has 1 aromatic rings. The van der Waals surface area contributed by atoms with Crippen molar-refractivity contribution in [3.05, 3.63) is 35.4 Å². The summed E-state index contributed by atoms with van der Waals surface area (Å²) in [5, 5.41) is 11.6. The number of urea groups is 1. The molecule has 2 heterocycles. The second kappa shape index (κ2) is 8.29. The second-order valence-corrected chi connectivity index (χ2v) is 9.73. The monoisotopic (exact) mass is 394 g/mol. The first-order chi connectivity index (χ1) is 12.9. The molecule has 2 fully saturated rings. The van der Waals surface area contributed by atoms with Gasteiger partial charge in [0.25, 0.3) is 0 Å². The molecule has 2 saturated heterocycles. The number of carboxylic acid groups (broad SMARTS) is 1. The van der Waals surface area contributed by atoms with Crippen molar-refractivity contribution >= 4 is 21.8 Å². The van der Waals surface area contributed by atoms with Gasteiger partial charge in [0.1, 0.15) is 0 Å². The minimum atomic E-state index is -3.10. The summed E-state index contributed by atoms with van der Waals surface area (Å²) in [7, 11) is -3.10. The molecule has 8 heteroatoms. The van der Waals surface area contributed by atoms with Gasteiger partial charge in [-0.3, -0.25) is 0 Å². The summed E-state index contributed by atoms with van der Waals surface area (Å²) in [5.74, 6) is -0.610. The van der Waals surface area contributed by atoms with Crippen LogP contribution in [0.5, 0.6) is 0 Å². The molecule has 0 aromatic heterocycles. The summed E-state index contributed by atoms with van der Waals surface area (Å²) in [6.45, 7) is 1.23. The Kier molecular flexibility index (Phi) is 6.04. The lowest BCUT2D eigenvalue weighted by molar-refractivity contribution is 0.0694. The van der Waals surface area contributed by atoms with Gasteiger partial charge in [0.05, 0.1) is 16.6 Å². The number of rotatable bonds is 4. The van der Waals surface area contributed by atoms with Crippen LogP contribution in [0.3, 0.4) is 0 Å². The number of hydrogen-bond donors (Lipinski definition) is 2. The zero-order chi connectivity index (χ0) is 19.4. The number of carboxylic acids is 1. The van der Waals surface area contributed by atoms with E-state index in [0.717, 1.165) is 12.0 Å². The number of carbonyl (C=O) groups excluding carboxylic acids is 1. The molecule has 0 spiro atoms. The first kappa shape index (κ1) is 19.7. The highest BCUT2D eigenvalue weighted by molar-refractivity contribution is 7.92. The molecule has 1 unspecified atom stereocenters. The predicted octanol–water partition coefficient (Wildman–Crippen LogP) is 2.24. The third-order valence-electron chi connectivity index (χ3n) is 5.61. The fraction of sp³-hybridized carbons (Fsp3) is 0.579. The second-order valence-electron chi connectivity index (χ2n) is 7.32. The standard InChI is InChI=1S/C19H26N2O5S/c22-18(23)17-7-2-1-6-16(17)14-8-10-21(11-9-14)19(24)20-13-15-5-3-4-12-27(15,25)26/h1-2,6-7,14-15H,3-5,8-13H2,(H,20,24)(H,22,23). The van der Waals surface area contributed by atoms with Crippen LogP contribution in [0.1, 0.15) is 53.9 Å². The van der Waals surface area contributed by atoms with Crippen LogP contribution >= 0.6 is 0 Å². The SMILES string of the molecule is O=C(O)c1ccccc1C1CCN(C(=O)NCC2CCCCS2(=O)=O)CC1. The third-order valence-corrected chi connectivity index (χ3v) is 7.88. The number of sulfone groups is 1. The van der Waals surface area contributed by atoms with Gasteiger partial charge in [-0.1, -0.05) is 24.6 Å². The molecule has 27 heavy (non-hydrogen) atoms. The van der Waals surface area contributed by atoms with Gasteiger partial charge in [0.15, 0.2) is 9.84 Å². The van der Waals surface area contributed by atoms with Gasteiger partial charge in [0.2, 0.25) is 0 Å². The van der Waals surface area contributed by atoms with Crippen LogP contribution in [0.15, 0.2) is 24.3 Å². The average Bonchev–Trinajstić information content (AvgIpc) is 2.66. The van der Waals surface area contributed by atoms with E-state index in [1.165, 1.54) is 0 Å². The summed E-state index contributed by atoms with van der Waals surface area (Å²) in [6, 6.07) is 6.78. The number of piperidine rings is 1. The number of benzene rings is 1. The van der Waals surface area contributed by atoms with E-state index in [1.807, 2.05) is 12.1 Å². The Morgan fingerprint density at radius 2 is 1.81 bits per heavy atom. The highest BCUT2D eigenvalue weighted by atomic mass is 32.2. The van der Waals surface area contributed by atoms with Crippen molar-refractivity contribution in [2.75, 3.05) is 25.4 Å². The molecule has 0 saturated carbocycles. The first-order valence-corrected chi connectivity index (χ1v) is 11.2. The van der Waals surface area contributed by atoms with E-state index in [1.54, 1.807) is 17.0 Å². The molecule has 148 valence electrons. The molecule has 0 bridgehead atoms. The van der Waals surface area contributed by atoms with E-state index in [4.69, 9.17) is 0 Å². The molecule has 7 nitrogen and oxygen atoms in total. The van der Waals surface area contributed by atoms with Crippen molar-refractivity contribution in [3.63, 3.8) is 0 Å². The van der Waals surface area contributed by atoms with E-state index in [9.17, 15) is 23.1 Å². The van der Waals surface area contributed by atoms with E-state index >= 15 is 0 Å². The number of nitrogens with zero attached hydrogens (tertiary/aromatic N) is 1. The number of aromatic carboxylic acids is 1. The Balaban J connectivity index is 1.53. The molecule has 0 radical (unpaired) electrons. The molecular formula is C19H26N2O5S. The highest BCUT2D eigenvalue weighted by Gasteiger charge is 2.30. The maximum absolute atomic E-state index is 12.4. The Hall–Kier alpha value is -2.09. The fourth-order valence-electron chi connectivity index (χ4n) is 4.00. The summed E-state index contributed by atoms with van der Waals surface area (Å²) in [6.07, 6.45) is 3.59. The molecule has 3 rings (SSSR count). The molecule has 2 aliphatic rings. The Bertz CT molecular complexity index is 800. The van der Waals surface area contributed by atoms with Crippen molar-refractivity contribution in [2.24, 2.45) is 0 Å². The zero-order valence-corrected chi connectivity index (χ0v) is 16.1. The van der Waals surface area contributed by atoms with Crippen molar-refractivity contribution in [3.8, 4) is 0 Å². The minimum Gasteiger partial charge on any atom is -0.478 e. The molecule has 2 aliphatic heterocycles.